The van der Waals surface area contributed by atoms with Crippen LogP contribution in [0.25, 0.3) is 0 Å². The molecule has 0 N–H and O–H groups in total. The molecule has 0 aliphatic rings. The zero-order valence-corrected chi connectivity index (χ0v) is 17.0. The molecule has 0 saturated carbocycles. The summed E-state index contributed by atoms with van der Waals surface area (Å²) >= 11 is 0. The molecule has 0 aromatic heterocycles. The molecule has 4 heteroatoms. The summed E-state index contributed by atoms with van der Waals surface area (Å²) in [7, 11) is -2.55. The molecule has 0 amide bonds. The molecule has 0 spiro atoms. The normalized spacial score (nSPS) is 12.8. The molecule has 0 unspecified atom stereocenters. The molecule has 0 heterocycles. The highest BCUT2D eigenvalue weighted by molar-refractivity contribution is 6.60. The molecular formula is C18H40O3Si. The van der Waals surface area contributed by atoms with Crippen LogP contribution in [0, 0.1) is 0 Å². The van der Waals surface area contributed by atoms with Gasteiger partial charge in [0.1, 0.15) is 0 Å². The molecule has 0 saturated heterocycles. The van der Waals surface area contributed by atoms with E-state index in [-0.39, 0.29) is 5.60 Å². The van der Waals surface area contributed by atoms with Crippen molar-refractivity contribution in [1.29, 1.82) is 0 Å². The van der Waals surface area contributed by atoms with Crippen LogP contribution < -0.4 is 0 Å². The van der Waals surface area contributed by atoms with Gasteiger partial charge in [0.25, 0.3) is 0 Å². The second-order valence-electron chi connectivity index (χ2n) is 6.41. The van der Waals surface area contributed by atoms with Crippen LogP contribution in [0.2, 0.25) is 6.04 Å². The summed E-state index contributed by atoms with van der Waals surface area (Å²) in [4.78, 5) is 0. The van der Waals surface area contributed by atoms with Crippen molar-refractivity contribution < 1.29 is 13.3 Å². The third-order valence-electron chi connectivity index (χ3n) is 4.09. The number of hydrogen-bond acceptors (Lipinski definition) is 3. The lowest BCUT2D eigenvalue weighted by Gasteiger charge is -2.39. The first-order chi connectivity index (χ1) is 10.5. The van der Waals surface area contributed by atoms with E-state index in [0.29, 0.717) is 13.2 Å². The topological polar surface area (TPSA) is 27.7 Å². The lowest BCUT2D eigenvalue weighted by Crippen LogP contribution is -2.52. The van der Waals surface area contributed by atoms with Gasteiger partial charge in [0.15, 0.2) is 0 Å². The molecule has 0 aromatic carbocycles. The van der Waals surface area contributed by atoms with Gasteiger partial charge in [-0.15, -0.1) is 0 Å². The van der Waals surface area contributed by atoms with E-state index in [1.54, 1.807) is 0 Å². The highest BCUT2D eigenvalue weighted by Crippen LogP contribution is 2.32. The van der Waals surface area contributed by atoms with Crippen molar-refractivity contribution in [2.75, 3.05) is 13.2 Å². The summed E-state index contributed by atoms with van der Waals surface area (Å²) in [6, 6.07) is 0.943. The third-order valence-corrected chi connectivity index (χ3v) is 7.31. The first kappa shape index (κ1) is 22.1. The van der Waals surface area contributed by atoms with Gasteiger partial charge in [-0.1, -0.05) is 52.9 Å². The molecule has 3 nitrogen and oxygen atoms in total. The fourth-order valence-corrected chi connectivity index (χ4v) is 6.05. The highest BCUT2D eigenvalue weighted by atomic mass is 28.4. The summed E-state index contributed by atoms with van der Waals surface area (Å²) in [5.41, 5.74) is -0.101. The SMILES string of the molecule is CCCCC(C)(CCCC)O[Si](CCCC)(OCC)OCC. The quantitative estimate of drug-likeness (QED) is 0.347. The first-order valence-electron chi connectivity index (χ1n) is 9.49. The van der Waals surface area contributed by atoms with Crippen LogP contribution in [0.5, 0.6) is 0 Å². The van der Waals surface area contributed by atoms with Crippen molar-refractivity contribution >= 4 is 8.80 Å². The molecule has 22 heavy (non-hydrogen) atoms. The van der Waals surface area contributed by atoms with E-state index in [1.165, 1.54) is 25.7 Å². The summed E-state index contributed by atoms with van der Waals surface area (Å²) in [6.45, 7) is 14.4. The summed E-state index contributed by atoms with van der Waals surface area (Å²) in [5.74, 6) is 0. The van der Waals surface area contributed by atoms with Crippen molar-refractivity contribution in [3.8, 4) is 0 Å². The second kappa shape index (κ2) is 12.5. The van der Waals surface area contributed by atoms with Crippen molar-refractivity contribution in [3.63, 3.8) is 0 Å². The van der Waals surface area contributed by atoms with Gasteiger partial charge in [-0.2, -0.15) is 0 Å². The maximum Gasteiger partial charge on any atom is 0.501 e. The Bertz CT molecular complexity index is 245. The largest absolute Gasteiger partial charge is 0.501 e. The first-order valence-corrected chi connectivity index (χ1v) is 11.4. The van der Waals surface area contributed by atoms with Crippen LogP contribution in [-0.4, -0.2) is 27.6 Å². The number of unbranched alkanes of at least 4 members (excludes halogenated alkanes) is 3. The number of rotatable bonds is 15. The Labute approximate surface area is 140 Å². The van der Waals surface area contributed by atoms with E-state index in [0.717, 1.165) is 31.7 Å². The van der Waals surface area contributed by atoms with Gasteiger partial charge >= 0.3 is 8.80 Å². The van der Waals surface area contributed by atoms with Crippen LogP contribution in [0.1, 0.15) is 92.9 Å². The zero-order chi connectivity index (χ0) is 16.9. The molecule has 0 aliphatic heterocycles. The zero-order valence-electron chi connectivity index (χ0n) is 16.0. The minimum Gasteiger partial charge on any atom is -0.374 e. The highest BCUT2D eigenvalue weighted by Gasteiger charge is 2.45. The van der Waals surface area contributed by atoms with Gasteiger partial charge in [0.2, 0.25) is 0 Å². The maximum atomic E-state index is 6.71. The van der Waals surface area contributed by atoms with Gasteiger partial charge in [-0.05, 0) is 40.0 Å². The van der Waals surface area contributed by atoms with Gasteiger partial charge in [0, 0.05) is 19.3 Å². The lowest BCUT2D eigenvalue weighted by atomic mass is 9.93. The average Bonchev–Trinajstić information content (AvgIpc) is 2.50. The predicted molar refractivity (Wildman–Crippen MR) is 97.3 cm³/mol. The van der Waals surface area contributed by atoms with Gasteiger partial charge in [-0.25, -0.2) is 0 Å². The third kappa shape index (κ3) is 8.66. The van der Waals surface area contributed by atoms with Crippen LogP contribution >= 0.6 is 0 Å². The molecule has 0 atom stereocenters. The summed E-state index contributed by atoms with van der Waals surface area (Å²) in [5, 5.41) is 0. The van der Waals surface area contributed by atoms with Crippen molar-refractivity contribution in [3.05, 3.63) is 0 Å². The van der Waals surface area contributed by atoms with Gasteiger partial charge in [0.05, 0.1) is 5.60 Å². The molecule has 0 aromatic rings. The number of hydrogen-bond donors (Lipinski definition) is 0. The standard InChI is InChI=1S/C18H40O3Si/c1-7-12-15-18(6,16-13-8-2)21-22(19-10-4,20-11-5)17-14-9-3/h7-17H2,1-6H3. The average molecular weight is 333 g/mol. The molecular weight excluding hydrogens is 292 g/mol. The Balaban J connectivity index is 5.10. The van der Waals surface area contributed by atoms with E-state index in [9.17, 15) is 0 Å². The Morgan fingerprint density at radius 3 is 1.55 bits per heavy atom. The van der Waals surface area contributed by atoms with Crippen LogP contribution in [0.4, 0.5) is 0 Å². The molecule has 0 radical (unpaired) electrons. The molecule has 0 rings (SSSR count). The van der Waals surface area contributed by atoms with Crippen LogP contribution in [-0.2, 0) is 13.3 Å². The fourth-order valence-electron chi connectivity index (χ4n) is 2.83. The molecule has 0 aliphatic carbocycles. The molecule has 0 bridgehead atoms. The molecule has 0 fully saturated rings. The molecule has 134 valence electrons. The van der Waals surface area contributed by atoms with E-state index in [4.69, 9.17) is 13.3 Å². The van der Waals surface area contributed by atoms with Gasteiger partial charge < -0.3 is 13.3 Å². The van der Waals surface area contributed by atoms with E-state index in [1.807, 2.05) is 13.8 Å². The minimum atomic E-state index is -2.55. The van der Waals surface area contributed by atoms with E-state index in [2.05, 4.69) is 27.7 Å². The fraction of sp³-hybridized carbons (Fsp3) is 1.00. The van der Waals surface area contributed by atoms with Crippen molar-refractivity contribution in [2.45, 2.75) is 105 Å². The monoisotopic (exact) mass is 332 g/mol. The van der Waals surface area contributed by atoms with Crippen LogP contribution in [0.3, 0.4) is 0 Å². The van der Waals surface area contributed by atoms with Crippen LogP contribution in [0.15, 0.2) is 0 Å². The Morgan fingerprint density at radius 1 is 0.727 bits per heavy atom. The minimum absolute atomic E-state index is 0.101. The maximum absolute atomic E-state index is 6.71. The van der Waals surface area contributed by atoms with Crippen molar-refractivity contribution in [1.82, 2.24) is 0 Å². The Kier molecular flexibility index (Phi) is 12.6. The van der Waals surface area contributed by atoms with E-state index >= 15 is 0 Å². The predicted octanol–water partition coefficient (Wildman–Crippen LogP) is 5.95. The second-order valence-corrected chi connectivity index (χ2v) is 9.06. The lowest BCUT2D eigenvalue weighted by molar-refractivity contribution is -0.0316. The smallest absolute Gasteiger partial charge is 0.374 e. The van der Waals surface area contributed by atoms with E-state index < -0.39 is 8.80 Å². The Hall–Kier alpha value is 0.0969. The van der Waals surface area contributed by atoms with Crippen molar-refractivity contribution in [2.24, 2.45) is 0 Å². The summed E-state index contributed by atoms with van der Waals surface area (Å²) < 4.78 is 19.0. The van der Waals surface area contributed by atoms with Gasteiger partial charge in [-0.3, -0.25) is 0 Å². The Morgan fingerprint density at radius 2 is 1.18 bits per heavy atom. The summed E-state index contributed by atoms with van der Waals surface area (Å²) in [6.07, 6.45) is 9.29.